The van der Waals surface area contributed by atoms with Gasteiger partial charge in [0.1, 0.15) is 0 Å². The van der Waals surface area contributed by atoms with Gasteiger partial charge < -0.3 is 9.47 Å². The van der Waals surface area contributed by atoms with Gasteiger partial charge in [-0.1, -0.05) is 0 Å². The number of carbonyl (C=O) groups excluding carboxylic acids is 2. The largest absolute Gasteiger partial charge is 0.427 e. The Labute approximate surface area is 63.5 Å². The molecule has 4 nitrogen and oxygen atoms in total. The van der Waals surface area contributed by atoms with Crippen LogP contribution in [0.5, 0.6) is 0 Å². The van der Waals surface area contributed by atoms with E-state index in [0.717, 1.165) is 6.42 Å². The van der Waals surface area contributed by atoms with Crippen LogP contribution in [0.1, 0.15) is 19.3 Å². The molecule has 0 N–H and O–H groups in total. The maximum atomic E-state index is 11.1. The lowest BCUT2D eigenvalue weighted by Crippen LogP contribution is -2.50. The van der Waals surface area contributed by atoms with E-state index in [1.54, 1.807) is 0 Å². The molecule has 1 spiro atoms. The molecular formula is C7H8O4. The summed E-state index contributed by atoms with van der Waals surface area (Å²) in [5, 5.41) is 0. The van der Waals surface area contributed by atoms with Gasteiger partial charge in [-0.05, 0) is 19.3 Å². The van der Waals surface area contributed by atoms with Crippen LogP contribution in [0.25, 0.3) is 0 Å². The van der Waals surface area contributed by atoms with Crippen LogP contribution in [0.2, 0.25) is 0 Å². The predicted molar refractivity (Wildman–Crippen MR) is 33.3 cm³/mol. The molecule has 11 heavy (non-hydrogen) atoms. The van der Waals surface area contributed by atoms with Gasteiger partial charge in [0.15, 0.2) is 5.41 Å². The van der Waals surface area contributed by atoms with Crippen LogP contribution < -0.4 is 0 Å². The molecule has 2 rings (SSSR count). The maximum absolute atomic E-state index is 11.1. The molecule has 0 atom stereocenters. The molecule has 0 amide bonds. The number of hydrogen-bond acceptors (Lipinski definition) is 4. The molecule has 2 fully saturated rings. The van der Waals surface area contributed by atoms with Gasteiger partial charge in [0.25, 0.3) is 0 Å². The van der Waals surface area contributed by atoms with Crippen LogP contribution in [0.15, 0.2) is 0 Å². The lowest BCUT2D eigenvalue weighted by atomic mass is 9.68. The van der Waals surface area contributed by atoms with Crippen molar-refractivity contribution in [2.45, 2.75) is 19.3 Å². The van der Waals surface area contributed by atoms with E-state index in [-0.39, 0.29) is 6.79 Å². The molecule has 0 aromatic heterocycles. The van der Waals surface area contributed by atoms with Gasteiger partial charge in [-0.25, -0.2) is 0 Å². The van der Waals surface area contributed by atoms with Crippen molar-refractivity contribution in [2.24, 2.45) is 5.41 Å². The first kappa shape index (κ1) is 6.64. The molecular weight excluding hydrogens is 148 g/mol. The Kier molecular flexibility index (Phi) is 1.19. The van der Waals surface area contributed by atoms with E-state index in [1.807, 2.05) is 0 Å². The highest BCUT2D eigenvalue weighted by Gasteiger charge is 2.55. The molecule has 0 bridgehead atoms. The molecule has 0 radical (unpaired) electrons. The first-order chi connectivity index (χ1) is 5.26. The van der Waals surface area contributed by atoms with Crippen LogP contribution >= 0.6 is 0 Å². The fourth-order valence-electron chi connectivity index (χ4n) is 1.43. The third kappa shape index (κ3) is 0.692. The van der Waals surface area contributed by atoms with Gasteiger partial charge >= 0.3 is 11.9 Å². The second-order valence-corrected chi connectivity index (χ2v) is 2.92. The van der Waals surface area contributed by atoms with Crippen molar-refractivity contribution < 1.29 is 19.1 Å². The third-order valence-electron chi connectivity index (χ3n) is 2.37. The zero-order valence-corrected chi connectivity index (χ0v) is 5.96. The van der Waals surface area contributed by atoms with Crippen molar-refractivity contribution in [2.75, 3.05) is 6.79 Å². The number of rotatable bonds is 0. The summed E-state index contributed by atoms with van der Waals surface area (Å²) < 4.78 is 9.25. The Morgan fingerprint density at radius 1 is 1.09 bits per heavy atom. The zero-order chi connectivity index (χ0) is 7.90. The van der Waals surface area contributed by atoms with Gasteiger partial charge in [0, 0.05) is 0 Å². The SMILES string of the molecule is O=C1OCOC(=O)C12CCC2. The molecule has 1 aliphatic heterocycles. The minimum absolute atomic E-state index is 0.209. The van der Waals surface area contributed by atoms with Gasteiger partial charge in [-0.2, -0.15) is 0 Å². The first-order valence-electron chi connectivity index (χ1n) is 3.60. The summed E-state index contributed by atoms with van der Waals surface area (Å²) in [6, 6.07) is 0. The summed E-state index contributed by atoms with van der Waals surface area (Å²) in [5.74, 6) is -0.806. The van der Waals surface area contributed by atoms with Crippen LogP contribution in [0.4, 0.5) is 0 Å². The summed E-state index contributed by atoms with van der Waals surface area (Å²) >= 11 is 0. The molecule has 1 aliphatic carbocycles. The van der Waals surface area contributed by atoms with E-state index in [0.29, 0.717) is 12.8 Å². The van der Waals surface area contributed by atoms with Crippen molar-refractivity contribution in [3.05, 3.63) is 0 Å². The molecule has 60 valence electrons. The second kappa shape index (κ2) is 1.96. The van der Waals surface area contributed by atoms with Gasteiger partial charge in [-0.3, -0.25) is 9.59 Å². The van der Waals surface area contributed by atoms with Gasteiger partial charge in [0.2, 0.25) is 6.79 Å². The molecule has 4 heteroatoms. The van der Waals surface area contributed by atoms with E-state index in [1.165, 1.54) is 0 Å². The minimum Gasteiger partial charge on any atom is -0.427 e. The van der Waals surface area contributed by atoms with Crippen molar-refractivity contribution in [1.29, 1.82) is 0 Å². The van der Waals surface area contributed by atoms with Crippen LogP contribution in [-0.2, 0) is 19.1 Å². The van der Waals surface area contributed by atoms with Crippen molar-refractivity contribution in [3.8, 4) is 0 Å². The summed E-state index contributed by atoms with van der Waals surface area (Å²) in [5.41, 5.74) is -0.905. The predicted octanol–water partition coefficient (Wildman–Crippen LogP) is 0.214. The summed E-state index contributed by atoms with van der Waals surface area (Å²) in [6.45, 7) is -0.209. The first-order valence-corrected chi connectivity index (χ1v) is 3.60. The Morgan fingerprint density at radius 3 is 1.91 bits per heavy atom. The Morgan fingerprint density at radius 2 is 1.64 bits per heavy atom. The molecule has 1 saturated carbocycles. The van der Waals surface area contributed by atoms with Crippen molar-refractivity contribution in [3.63, 3.8) is 0 Å². The monoisotopic (exact) mass is 156 g/mol. The Bertz CT molecular complexity index is 198. The lowest BCUT2D eigenvalue weighted by Gasteiger charge is -2.38. The number of cyclic esters (lactones) is 2. The zero-order valence-electron chi connectivity index (χ0n) is 5.96. The molecule has 0 aromatic carbocycles. The topological polar surface area (TPSA) is 52.6 Å². The highest BCUT2D eigenvalue weighted by Crippen LogP contribution is 2.44. The number of hydrogen-bond donors (Lipinski definition) is 0. The smallest absolute Gasteiger partial charge is 0.326 e. The van der Waals surface area contributed by atoms with Crippen molar-refractivity contribution in [1.82, 2.24) is 0 Å². The van der Waals surface area contributed by atoms with Crippen molar-refractivity contribution >= 4 is 11.9 Å². The van der Waals surface area contributed by atoms with E-state index < -0.39 is 17.4 Å². The average molecular weight is 156 g/mol. The Balaban J connectivity index is 2.25. The number of esters is 2. The normalized spacial score (nSPS) is 27.3. The van der Waals surface area contributed by atoms with Gasteiger partial charge in [0.05, 0.1) is 0 Å². The number of ether oxygens (including phenoxy) is 2. The van der Waals surface area contributed by atoms with E-state index >= 15 is 0 Å². The van der Waals surface area contributed by atoms with Crippen LogP contribution in [-0.4, -0.2) is 18.7 Å². The summed E-state index contributed by atoms with van der Waals surface area (Å²) in [4.78, 5) is 22.2. The number of carbonyl (C=O) groups is 2. The van der Waals surface area contributed by atoms with Crippen LogP contribution in [0.3, 0.4) is 0 Å². The highest BCUT2D eigenvalue weighted by molar-refractivity contribution is 6.02. The molecule has 1 saturated heterocycles. The minimum atomic E-state index is -0.905. The fourth-order valence-corrected chi connectivity index (χ4v) is 1.43. The lowest BCUT2D eigenvalue weighted by molar-refractivity contribution is -0.209. The quantitative estimate of drug-likeness (QED) is 0.371. The third-order valence-corrected chi connectivity index (χ3v) is 2.37. The standard InChI is InChI=1S/C7H8O4/c8-5-7(2-1-3-7)6(9)11-4-10-5/h1-4H2. The van der Waals surface area contributed by atoms with Crippen LogP contribution in [0, 0.1) is 5.41 Å². The highest BCUT2D eigenvalue weighted by atomic mass is 16.7. The summed E-state index contributed by atoms with van der Waals surface area (Å²) in [6.07, 6.45) is 2.08. The van der Waals surface area contributed by atoms with E-state index in [9.17, 15) is 9.59 Å². The van der Waals surface area contributed by atoms with E-state index in [4.69, 9.17) is 0 Å². The summed E-state index contributed by atoms with van der Waals surface area (Å²) in [7, 11) is 0. The average Bonchev–Trinajstić information content (AvgIpc) is 1.83. The Hall–Kier alpha value is -1.06. The maximum Gasteiger partial charge on any atom is 0.326 e. The molecule has 0 aromatic rings. The fraction of sp³-hybridized carbons (Fsp3) is 0.714. The molecule has 0 unspecified atom stereocenters. The van der Waals surface area contributed by atoms with Gasteiger partial charge in [-0.15, -0.1) is 0 Å². The van der Waals surface area contributed by atoms with E-state index in [2.05, 4.69) is 9.47 Å². The second-order valence-electron chi connectivity index (χ2n) is 2.92. The molecule has 1 heterocycles. The molecule has 2 aliphatic rings.